The lowest BCUT2D eigenvalue weighted by molar-refractivity contribution is -0.137. The predicted molar refractivity (Wildman–Crippen MR) is 82.9 cm³/mol. The monoisotopic (exact) mass is 372 g/mol. The highest BCUT2D eigenvalue weighted by atomic mass is 35.5. The molecule has 0 saturated carbocycles. The Bertz CT molecular complexity index is 966. The van der Waals surface area contributed by atoms with Crippen molar-refractivity contribution >= 4 is 34.2 Å². The molecular weight excluding hydrogens is 364 g/mol. The lowest BCUT2D eigenvalue weighted by Gasteiger charge is -2.09. The van der Waals surface area contributed by atoms with Gasteiger partial charge < -0.3 is 5.32 Å². The van der Waals surface area contributed by atoms with Crippen molar-refractivity contribution in [3.63, 3.8) is 0 Å². The molecule has 3 aromatic rings. The van der Waals surface area contributed by atoms with E-state index in [0.29, 0.717) is 0 Å². The van der Waals surface area contributed by atoms with Crippen molar-refractivity contribution in [1.29, 1.82) is 0 Å². The first-order valence-electron chi connectivity index (χ1n) is 6.84. The Labute approximate surface area is 143 Å². The number of hydrogen-bond acceptors (Lipinski definition) is 3. The molecule has 3 rings (SSSR count). The molecule has 0 fully saturated rings. The first-order valence-corrected chi connectivity index (χ1v) is 7.21. The van der Waals surface area contributed by atoms with Crippen LogP contribution in [0.15, 0.2) is 30.5 Å². The van der Waals surface area contributed by atoms with Crippen LogP contribution in [0.1, 0.15) is 15.9 Å². The smallest absolute Gasteiger partial charge is 0.322 e. The summed E-state index contributed by atoms with van der Waals surface area (Å²) < 4.78 is 52.6. The Hall–Kier alpha value is -2.68. The van der Waals surface area contributed by atoms with Crippen LogP contribution in [-0.2, 0) is 13.2 Å². The van der Waals surface area contributed by atoms with Crippen molar-refractivity contribution in [1.82, 2.24) is 14.8 Å². The molecule has 130 valence electrons. The van der Waals surface area contributed by atoms with Gasteiger partial charge in [0, 0.05) is 18.9 Å². The molecule has 0 atom stereocenters. The summed E-state index contributed by atoms with van der Waals surface area (Å²) in [5.74, 6) is -1.61. The molecule has 0 unspecified atom stereocenters. The second kappa shape index (κ2) is 5.99. The molecule has 0 aliphatic heterocycles. The highest BCUT2D eigenvalue weighted by Gasteiger charge is 2.30. The van der Waals surface area contributed by atoms with Gasteiger partial charge in [0.15, 0.2) is 5.65 Å². The number of benzene rings is 1. The van der Waals surface area contributed by atoms with E-state index < -0.39 is 23.6 Å². The third-order valence-electron chi connectivity index (χ3n) is 3.46. The molecule has 1 N–H and O–H groups in total. The number of aryl methyl sites for hydroxylation is 1. The molecule has 0 aliphatic rings. The summed E-state index contributed by atoms with van der Waals surface area (Å²) in [5, 5.41) is 5.63. The molecule has 1 aromatic carbocycles. The quantitative estimate of drug-likeness (QED) is 0.691. The fourth-order valence-electron chi connectivity index (χ4n) is 2.24. The summed E-state index contributed by atoms with van der Waals surface area (Å²) in [4.78, 5) is 16.2. The van der Waals surface area contributed by atoms with E-state index in [0.717, 1.165) is 30.5 Å². The normalized spacial score (nSPS) is 11.8. The number of aromatic nitrogens is 3. The molecule has 0 saturated heterocycles. The van der Waals surface area contributed by atoms with Crippen molar-refractivity contribution in [3.05, 3.63) is 52.6 Å². The fraction of sp³-hybridized carbons (Fsp3) is 0.133. The highest BCUT2D eigenvalue weighted by Crippen LogP contribution is 2.31. The molecule has 0 spiro atoms. The Kier molecular flexibility index (Phi) is 4.11. The Morgan fingerprint density at radius 2 is 1.88 bits per heavy atom. The van der Waals surface area contributed by atoms with Gasteiger partial charge in [-0.2, -0.15) is 17.6 Å². The minimum atomic E-state index is -4.47. The first kappa shape index (κ1) is 17.2. The number of nitrogens with zero attached hydrogens (tertiary/aromatic N) is 3. The van der Waals surface area contributed by atoms with Crippen LogP contribution >= 0.6 is 11.6 Å². The summed E-state index contributed by atoms with van der Waals surface area (Å²) >= 11 is 6.06. The van der Waals surface area contributed by atoms with Crippen molar-refractivity contribution in [2.24, 2.45) is 7.05 Å². The number of anilines is 1. The largest absolute Gasteiger partial charge is 0.416 e. The Balaban J connectivity index is 1.90. The zero-order valence-corrected chi connectivity index (χ0v) is 13.3. The second-order valence-electron chi connectivity index (χ2n) is 5.13. The maximum absolute atomic E-state index is 13.8. The van der Waals surface area contributed by atoms with Crippen molar-refractivity contribution in [2.75, 3.05) is 5.32 Å². The van der Waals surface area contributed by atoms with Gasteiger partial charge in [-0.15, -0.1) is 5.10 Å². The third-order valence-corrected chi connectivity index (χ3v) is 3.85. The van der Waals surface area contributed by atoms with Crippen LogP contribution in [0.3, 0.4) is 0 Å². The van der Waals surface area contributed by atoms with Crippen molar-refractivity contribution < 1.29 is 22.4 Å². The van der Waals surface area contributed by atoms with Gasteiger partial charge in [-0.05, 0) is 24.3 Å². The molecule has 0 radical (unpaired) electrons. The highest BCUT2D eigenvalue weighted by molar-refractivity contribution is 6.38. The van der Waals surface area contributed by atoms with E-state index in [4.69, 9.17) is 11.6 Å². The van der Waals surface area contributed by atoms with Gasteiger partial charge in [-0.3, -0.25) is 4.79 Å². The number of pyridine rings is 1. The van der Waals surface area contributed by atoms with Gasteiger partial charge in [-0.1, -0.05) is 11.6 Å². The van der Waals surface area contributed by atoms with Gasteiger partial charge in [-0.25, -0.2) is 9.67 Å². The van der Waals surface area contributed by atoms with Gasteiger partial charge in [0.05, 0.1) is 21.5 Å². The number of amides is 1. The van der Waals surface area contributed by atoms with Crippen LogP contribution in [0.5, 0.6) is 0 Å². The van der Waals surface area contributed by atoms with E-state index in [1.165, 1.54) is 11.7 Å². The average molecular weight is 373 g/mol. The van der Waals surface area contributed by atoms with Crippen molar-refractivity contribution in [2.45, 2.75) is 6.18 Å². The van der Waals surface area contributed by atoms with E-state index in [-0.39, 0.29) is 27.3 Å². The number of rotatable bonds is 2. The predicted octanol–water partition coefficient (Wildman–Crippen LogP) is 4.03. The summed E-state index contributed by atoms with van der Waals surface area (Å²) in [6.07, 6.45) is -3.33. The van der Waals surface area contributed by atoms with Crippen LogP contribution in [0, 0.1) is 5.95 Å². The van der Waals surface area contributed by atoms with E-state index in [1.807, 2.05) is 0 Å². The molecule has 5 nitrogen and oxygen atoms in total. The van der Waals surface area contributed by atoms with E-state index in [9.17, 15) is 22.4 Å². The van der Waals surface area contributed by atoms with Crippen LogP contribution in [-0.4, -0.2) is 20.7 Å². The molecule has 0 aliphatic carbocycles. The molecule has 2 heterocycles. The SMILES string of the molecule is Cn1nc(F)c2c(Cl)c(C(=O)Nc3ccc(C(F)(F)F)cc3)cnc21. The molecule has 1 amide bonds. The third kappa shape index (κ3) is 3.14. The molecule has 2 aromatic heterocycles. The second-order valence-corrected chi connectivity index (χ2v) is 5.51. The number of hydrogen-bond donors (Lipinski definition) is 1. The van der Waals surface area contributed by atoms with Crippen molar-refractivity contribution in [3.8, 4) is 0 Å². The number of fused-ring (bicyclic) bond motifs is 1. The van der Waals surface area contributed by atoms with Crippen LogP contribution in [0.25, 0.3) is 11.0 Å². The number of nitrogens with one attached hydrogen (secondary N) is 1. The van der Waals surface area contributed by atoms with Crippen LogP contribution < -0.4 is 5.32 Å². The van der Waals surface area contributed by atoms with Gasteiger partial charge in [0.1, 0.15) is 0 Å². The summed E-state index contributed by atoms with van der Waals surface area (Å²) in [6, 6.07) is 3.87. The van der Waals surface area contributed by atoms with E-state index >= 15 is 0 Å². The van der Waals surface area contributed by atoms with Gasteiger partial charge >= 0.3 is 6.18 Å². The number of alkyl halides is 3. The first-order chi connectivity index (χ1) is 11.7. The molecule has 10 heteroatoms. The van der Waals surface area contributed by atoms with Crippen LogP contribution in [0.2, 0.25) is 5.02 Å². The zero-order chi connectivity index (χ0) is 18.4. The maximum Gasteiger partial charge on any atom is 0.416 e. The van der Waals surface area contributed by atoms with E-state index in [2.05, 4.69) is 15.4 Å². The number of carbonyl (C=O) groups excluding carboxylic acids is 1. The van der Waals surface area contributed by atoms with Gasteiger partial charge in [0.25, 0.3) is 5.91 Å². The number of halogens is 5. The summed E-state index contributed by atoms with van der Waals surface area (Å²) in [7, 11) is 1.47. The van der Waals surface area contributed by atoms with Crippen LogP contribution in [0.4, 0.5) is 23.2 Å². The Morgan fingerprint density at radius 1 is 1.24 bits per heavy atom. The lowest BCUT2D eigenvalue weighted by Crippen LogP contribution is -2.13. The average Bonchev–Trinajstić information content (AvgIpc) is 2.82. The zero-order valence-electron chi connectivity index (χ0n) is 12.5. The Morgan fingerprint density at radius 3 is 2.48 bits per heavy atom. The standard InChI is InChI=1S/C15H9ClF4N4O/c1-24-13-10(12(17)23-24)11(16)9(6-21-13)14(25)22-8-4-2-7(3-5-8)15(18,19)20/h2-6H,1H3,(H,22,25). The minimum Gasteiger partial charge on any atom is -0.322 e. The van der Waals surface area contributed by atoms with E-state index in [1.54, 1.807) is 0 Å². The molecule has 25 heavy (non-hydrogen) atoms. The molecule has 0 bridgehead atoms. The maximum atomic E-state index is 13.8. The minimum absolute atomic E-state index is 0.107. The summed E-state index contributed by atoms with van der Waals surface area (Å²) in [6.45, 7) is 0. The lowest BCUT2D eigenvalue weighted by atomic mass is 10.2. The fourth-order valence-corrected chi connectivity index (χ4v) is 2.53. The summed E-state index contributed by atoms with van der Waals surface area (Å²) in [5.41, 5.74) is -0.681. The van der Waals surface area contributed by atoms with Gasteiger partial charge in [0.2, 0.25) is 5.95 Å². The topological polar surface area (TPSA) is 59.8 Å². The number of carbonyl (C=O) groups is 1. The molecular formula is C15H9ClF4N4O.